The molecule has 5 heteroatoms. The van der Waals surface area contributed by atoms with Crippen LogP contribution in [0.4, 0.5) is 0 Å². The molecule has 0 unspecified atom stereocenters. The smallest absolute Gasteiger partial charge is 0.220 e. The molecule has 2 N–H and O–H groups in total. The molecule has 5 nitrogen and oxygen atoms in total. The first-order valence-corrected chi connectivity index (χ1v) is 5.58. The number of aliphatic hydroxyl groups is 1. The van der Waals surface area contributed by atoms with Gasteiger partial charge in [0.15, 0.2) is 0 Å². The molecule has 0 aliphatic heterocycles. The van der Waals surface area contributed by atoms with E-state index < -0.39 is 0 Å². The second-order valence-corrected chi connectivity index (χ2v) is 3.73. The second kappa shape index (κ2) is 7.38. The van der Waals surface area contributed by atoms with Crippen LogP contribution in [-0.4, -0.2) is 27.8 Å². The van der Waals surface area contributed by atoms with Crippen molar-refractivity contribution in [2.45, 2.75) is 25.7 Å². The fraction of sp³-hybridized carbons (Fsp3) is 0.417. The minimum Gasteiger partial charge on any atom is -0.513 e. The summed E-state index contributed by atoms with van der Waals surface area (Å²) >= 11 is 0. The summed E-state index contributed by atoms with van der Waals surface area (Å²) in [5.41, 5.74) is 0.858. The molecule has 1 aromatic rings. The number of carbonyl (C=O) groups excluding carboxylic acids is 1. The van der Waals surface area contributed by atoms with Gasteiger partial charge in [0.05, 0.1) is 11.5 Å². The lowest BCUT2D eigenvalue weighted by molar-refractivity contribution is -0.121. The topological polar surface area (TPSA) is 75.1 Å². The van der Waals surface area contributed by atoms with Crippen LogP contribution in [0.25, 0.3) is 0 Å². The maximum Gasteiger partial charge on any atom is 0.220 e. The van der Waals surface area contributed by atoms with Crippen LogP contribution in [0.5, 0.6) is 0 Å². The average Bonchev–Trinajstić information content (AvgIpc) is 2.30. The van der Waals surface area contributed by atoms with Crippen LogP contribution < -0.4 is 5.32 Å². The highest BCUT2D eigenvalue weighted by Crippen LogP contribution is 2.01. The molecule has 17 heavy (non-hydrogen) atoms. The van der Waals surface area contributed by atoms with E-state index in [1.54, 1.807) is 6.20 Å². The number of rotatable bonds is 7. The lowest BCUT2D eigenvalue weighted by Gasteiger charge is -2.04. The van der Waals surface area contributed by atoms with Crippen molar-refractivity contribution in [3.8, 4) is 0 Å². The monoisotopic (exact) mass is 235 g/mol. The van der Waals surface area contributed by atoms with Crippen molar-refractivity contribution in [2.75, 3.05) is 6.54 Å². The number of hydrogen-bond donors (Lipinski definition) is 2. The highest BCUT2D eigenvalue weighted by Gasteiger charge is 2.01. The third kappa shape index (κ3) is 6.29. The molecule has 0 saturated heterocycles. The molecule has 1 aromatic heterocycles. The van der Waals surface area contributed by atoms with Gasteiger partial charge in [-0.1, -0.05) is 6.58 Å². The summed E-state index contributed by atoms with van der Waals surface area (Å²) in [5, 5.41) is 19.3. The minimum atomic E-state index is -0.0184. The summed E-state index contributed by atoms with van der Waals surface area (Å²) in [5.74, 6) is 0.104. The molecule has 0 aromatic carbocycles. The Balaban J connectivity index is 2.10. The number of aromatic nitrogens is 2. The van der Waals surface area contributed by atoms with E-state index in [2.05, 4.69) is 22.1 Å². The third-order valence-corrected chi connectivity index (χ3v) is 2.20. The minimum absolute atomic E-state index is 0.0184. The predicted octanol–water partition coefficient (Wildman–Crippen LogP) is 1.38. The van der Waals surface area contributed by atoms with E-state index in [1.807, 2.05) is 12.1 Å². The van der Waals surface area contributed by atoms with E-state index in [4.69, 9.17) is 5.11 Å². The van der Waals surface area contributed by atoms with E-state index in [0.717, 1.165) is 5.69 Å². The molecule has 0 fully saturated rings. The van der Waals surface area contributed by atoms with Crippen LogP contribution in [0.2, 0.25) is 0 Å². The first kappa shape index (κ1) is 13.2. The molecule has 0 atom stereocenters. The zero-order valence-corrected chi connectivity index (χ0v) is 9.72. The fourth-order valence-corrected chi connectivity index (χ4v) is 1.34. The summed E-state index contributed by atoms with van der Waals surface area (Å²) in [6.07, 6.45) is 3.78. The number of nitrogens with one attached hydrogen (secondary N) is 1. The van der Waals surface area contributed by atoms with Gasteiger partial charge < -0.3 is 10.4 Å². The number of hydrogen-bond acceptors (Lipinski definition) is 4. The van der Waals surface area contributed by atoms with Crippen LogP contribution in [0, 0.1) is 0 Å². The molecule has 0 aliphatic rings. The molecule has 0 bridgehead atoms. The zero-order valence-electron chi connectivity index (χ0n) is 9.72. The van der Waals surface area contributed by atoms with Crippen molar-refractivity contribution in [2.24, 2.45) is 0 Å². The van der Waals surface area contributed by atoms with Crippen molar-refractivity contribution in [1.29, 1.82) is 0 Å². The van der Waals surface area contributed by atoms with Crippen LogP contribution >= 0.6 is 0 Å². The zero-order chi connectivity index (χ0) is 12.5. The summed E-state index contributed by atoms with van der Waals surface area (Å²) in [6.45, 7) is 3.92. The number of aliphatic hydroxyl groups excluding tert-OH is 1. The quantitative estimate of drug-likeness (QED) is 0.700. The van der Waals surface area contributed by atoms with Crippen molar-refractivity contribution in [3.05, 3.63) is 36.4 Å². The first-order valence-electron chi connectivity index (χ1n) is 5.58. The van der Waals surface area contributed by atoms with Gasteiger partial charge in [-0.2, -0.15) is 10.2 Å². The van der Waals surface area contributed by atoms with Crippen molar-refractivity contribution in [3.63, 3.8) is 0 Å². The Morgan fingerprint density at radius 1 is 1.47 bits per heavy atom. The normalized spacial score (nSPS) is 9.88. The third-order valence-electron chi connectivity index (χ3n) is 2.20. The Kier molecular flexibility index (Phi) is 5.71. The van der Waals surface area contributed by atoms with Gasteiger partial charge in [0, 0.05) is 32.0 Å². The number of nitrogens with zero attached hydrogens (tertiary/aromatic N) is 2. The molecule has 92 valence electrons. The van der Waals surface area contributed by atoms with E-state index in [1.165, 1.54) is 0 Å². The largest absolute Gasteiger partial charge is 0.513 e. The highest BCUT2D eigenvalue weighted by atomic mass is 16.3. The van der Waals surface area contributed by atoms with Crippen LogP contribution in [0.15, 0.2) is 30.7 Å². The molecular weight excluding hydrogens is 218 g/mol. The molecular formula is C12H17N3O2. The van der Waals surface area contributed by atoms with Crippen molar-refractivity contribution >= 4 is 5.91 Å². The maximum atomic E-state index is 11.4. The van der Waals surface area contributed by atoms with Gasteiger partial charge in [0.2, 0.25) is 5.91 Å². The number of amides is 1. The molecule has 0 aliphatic carbocycles. The van der Waals surface area contributed by atoms with E-state index in [0.29, 0.717) is 32.2 Å². The average molecular weight is 235 g/mol. The number of carbonyl (C=O) groups is 1. The Morgan fingerprint density at radius 3 is 2.94 bits per heavy atom. The standard InChI is InChI=1S/C12H17N3O2/c1-10(16)4-2-6-12(17)13-9-7-11-5-3-8-14-15-11/h3,5,8,16H,1-2,4,6-7,9H2,(H,13,17). The Morgan fingerprint density at radius 2 is 2.29 bits per heavy atom. The SMILES string of the molecule is C=C(O)CCCC(=O)NCCc1cccnn1. The van der Waals surface area contributed by atoms with Gasteiger partial charge in [-0.15, -0.1) is 0 Å². The van der Waals surface area contributed by atoms with Gasteiger partial charge in [-0.05, 0) is 18.6 Å². The van der Waals surface area contributed by atoms with Crippen LogP contribution in [0.1, 0.15) is 25.0 Å². The Labute approximate surface area is 101 Å². The molecule has 1 heterocycles. The fourth-order valence-electron chi connectivity index (χ4n) is 1.34. The maximum absolute atomic E-state index is 11.4. The molecule has 0 saturated carbocycles. The van der Waals surface area contributed by atoms with E-state index in [-0.39, 0.29) is 11.7 Å². The van der Waals surface area contributed by atoms with Gasteiger partial charge >= 0.3 is 0 Å². The lowest BCUT2D eigenvalue weighted by Crippen LogP contribution is -2.25. The first-order chi connectivity index (χ1) is 8.18. The van der Waals surface area contributed by atoms with E-state index in [9.17, 15) is 4.79 Å². The van der Waals surface area contributed by atoms with Crippen LogP contribution in [-0.2, 0) is 11.2 Å². The van der Waals surface area contributed by atoms with Gasteiger partial charge in [-0.3, -0.25) is 4.79 Å². The summed E-state index contributed by atoms with van der Waals surface area (Å²) in [6, 6.07) is 3.69. The van der Waals surface area contributed by atoms with Crippen LogP contribution in [0.3, 0.4) is 0 Å². The van der Waals surface area contributed by atoms with Gasteiger partial charge in [0.25, 0.3) is 0 Å². The number of allylic oxidation sites excluding steroid dienone is 1. The second-order valence-electron chi connectivity index (χ2n) is 3.73. The van der Waals surface area contributed by atoms with Gasteiger partial charge in [-0.25, -0.2) is 0 Å². The van der Waals surface area contributed by atoms with Crippen molar-refractivity contribution in [1.82, 2.24) is 15.5 Å². The Hall–Kier alpha value is -1.91. The van der Waals surface area contributed by atoms with E-state index >= 15 is 0 Å². The summed E-state index contributed by atoms with van der Waals surface area (Å²) in [7, 11) is 0. The molecule has 0 spiro atoms. The summed E-state index contributed by atoms with van der Waals surface area (Å²) < 4.78 is 0. The predicted molar refractivity (Wildman–Crippen MR) is 64.4 cm³/mol. The molecule has 1 amide bonds. The molecule has 0 radical (unpaired) electrons. The van der Waals surface area contributed by atoms with Crippen molar-refractivity contribution < 1.29 is 9.90 Å². The van der Waals surface area contributed by atoms with Gasteiger partial charge in [0.1, 0.15) is 0 Å². The summed E-state index contributed by atoms with van der Waals surface area (Å²) in [4.78, 5) is 11.4. The lowest BCUT2D eigenvalue weighted by atomic mass is 10.2. The highest BCUT2D eigenvalue weighted by molar-refractivity contribution is 5.75. The molecule has 1 rings (SSSR count). The Bertz CT molecular complexity index is 365.